The van der Waals surface area contributed by atoms with Crippen molar-refractivity contribution in [1.82, 2.24) is 10.3 Å². The van der Waals surface area contributed by atoms with Crippen molar-refractivity contribution in [1.29, 1.82) is 0 Å². The van der Waals surface area contributed by atoms with Crippen molar-refractivity contribution in [3.05, 3.63) is 18.3 Å². The maximum Gasteiger partial charge on any atom is 0.319 e. The summed E-state index contributed by atoms with van der Waals surface area (Å²) in [5.41, 5.74) is 0.705. The Morgan fingerprint density at radius 1 is 1.40 bits per heavy atom. The van der Waals surface area contributed by atoms with Crippen molar-refractivity contribution in [2.24, 2.45) is 0 Å². The molecule has 1 fully saturated rings. The summed E-state index contributed by atoms with van der Waals surface area (Å²) in [4.78, 5) is 18.2. The Morgan fingerprint density at radius 2 is 2.20 bits per heavy atom. The Balaban J connectivity index is 1.83. The molecule has 0 unspecified atom stereocenters. The molecule has 1 aromatic heterocycles. The fraction of sp³-hybridized carbons (Fsp3) is 0.571. The number of pyridine rings is 1. The third kappa shape index (κ3) is 4.38. The minimum Gasteiger partial charge on any atom is -0.378 e. The van der Waals surface area contributed by atoms with Crippen LogP contribution in [0.25, 0.3) is 0 Å². The van der Waals surface area contributed by atoms with Crippen LogP contribution in [0, 0.1) is 0 Å². The van der Waals surface area contributed by atoms with Gasteiger partial charge in [0.05, 0.1) is 25.1 Å². The Bertz CT molecular complexity index is 416. The molecule has 1 aliphatic rings. The number of unbranched alkanes of at least 4 members (excludes halogenated alkanes) is 1. The molecule has 20 heavy (non-hydrogen) atoms. The number of hydrogen-bond donors (Lipinski definition) is 2. The first-order chi connectivity index (χ1) is 9.79. The topological polar surface area (TPSA) is 66.5 Å². The van der Waals surface area contributed by atoms with Gasteiger partial charge in [-0.25, -0.2) is 9.78 Å². The smallest absolute Gasteiger partial charge is 0.319 e. The van der Waals surface area contributed by atoms with E-state index in [0.717, 1.165) is 45.0 Å². The number of urea groups is 1. The van der Waals surface area contributed by atoms with E-state index in [0.29, 0.717) is 12.2 Å². The van der Waals surface area contributed by atoms with Gasteiger partial charge in [0.1, 0.15) is 5.82 Å². The van der Waals surface area contributed by atoms with E-state index in [1.807, 2.05) is 12.1 Å². The van der Waals surface area contributed by atoms with Gasteiger partial charge in [0.25, 0.3) is 0 Å². The van der Waals surface area contributed by atoms with Gasteiger partial charge >= 0.3 is 6.03 Å². The quantitative estimate of drug-likeness (QED) is 0.807. The average Bonchev–Trinajstić information content (AvgIpc) is 2.49. The van der Waals surface area contributed by atoms with E-state index in [-0.39, 0.29) is 6.03 Å². The van der Waals surface area contributed by atoms with Gasteiger partial charge in [-0.05, 0) is 18.6 Å². The molecule has 2 amide bonds. The molecule has 0 radical (unpaired) electrons. The number of ether oxygens (including phenoxy) is 1. The molecule has 0 bridgehead atoms. The number of amides is 2. The van der Waals surface area contributed by atoms with Crippen molar-refractivity contribution in [3.63, 3.8) is 0 Å². The van der Waals surface area contributed by atoms with Crippen LogP contribution >= 0.6 is 0 Å². The van der Waals surface area contributed by atoms with Crippen LogP contribution in [-0.4, -0.2) is 43.9 Å². The third-order valence-electron chi connectivity index (χ3n) is 3.16. The summed E-state index contributed by atoms with van der Waals surface area (Å²) in [6, 6.07) is 3.61. The van der Waals surface area contributed by atoms with Crippen LogP contribution in [0.1, 0.15) is 19.8 Å². The van der Waals surface area contributed by atoms with Gasteiger partial charge < -0.3 is 20.3 Å². The second-order valence-electron chi connectivity index (χ2n) is 4.74. The number of nitrogens with zero attached hydrogens (tertiary/aromatic N) is 2. The second-order valence-corrected chi connectivity index (χ2v) is 4.74. The van der Waals surface area contributed by atoms with Gasteiger partial charge in [-0.15, -0.1) is 0 Å². The van der Waals surface area contributed by atoms with Gasteiger partial charge in [0, 0.05) is 19.6 Å². The molecule has 0 spiro atoms. The van der Waals surface area contributed by atoms with Crippen molar-refractivity contribution in [2.75, 3.05) is 43.1 Å². The summed E-state index contributed by atoms with van der Waals surface area (Å²) in [6.45, 7) is 5.98. The lowest BCUT2D eigenvalue weighted by atomic mass is 10.3. The summed E-state index contributed by atoms with van der Waals surface area (Å²) >= 11 is 0. The largest absolute Gasteiger partial charge is 0.378 e. The Morgan fingerprint density at radius 3 is 2.85 bits per heavy atom. The number of nitrogens with one attached hydrogen (secondary N) is 2. The van der Waals surface area contributed by atoms with Crippen LogP contribution in [0.5, 0.6) is 0 Å². The summed E-state index contributed by atoms with van der Waals surface area (Å²) < 4.78 is 5.31. The number of aromatic nitrogens is 1. The molecule has 0 saturated carbocycles. The zero-order valence-electron chi connectivity index (χ0n) is 11.9. The van der Waals surface area contributed by atoms with Crippen LogP contribution in [-0.2, 0) is 4.74 Å². The molecule has 0 atom stereocenters. The minimum atomic E-state index is -0.181. The molecule has 0 aliphatic carbocycles. The normalized spacial score (nSPS) is 14.9. The van der Waals surface area contributed by atoms with E-state index in [4.69, 9.17) is 4.74 Å². The highest BCUT2D eigenvalue weighted by Crippen LogP contribution is 2.15. The molecule has 1 saturated heterocycles. The highest BCUT2D eigenvalue weighted by Gasteiger charge is 2.12. The van der Waals surface area contributed by atoms with Gasteiger partial charge in [0.15, 0.2) is 0 Å². The monoisotopic (exact) mass is 278 g/mol. The van der Waals surface area contributed by atoms with Crippen LogP contribution < -0.4 is 15.5 Å². The number of hydrogen-bond acceptors (Lipinski definition) is 4. The average molecular weight is 278 g/mol. The second kappa shape index (κ2) is 7.69. The lowest BCUT2D eigenvalue weighted by molar-refractivity contribution is 0.122. The number of anilines is 2. The Labute approximate surface area is 119 Å². The van der Waals surface area contributed by atoms with Crippen LogP contribution in [0.4, 0.5) is 16.3 Å². The maximum absolute atomic E-state index is 11.6. The van der Waals surface area contributed by atoms with E-state index in [1.54, 1.807) is 6.20 Å². The van der Waals surface area contributed by atoms with E-state index >= 15 is 0 Å². The van der Waals surface area contributed by atoms with Gasteiger partial charge in [-0.3, -0.25) is 0 Å². The van der Waals surface area contributed by atoms with Crippen LogP contribution in [0.3, 0.4) is 0 Å². The molecule has 1 aliphatic heterocycles. The molecule has 6 nitrogen and oxygen atoms in total. The molecular weight excluding hydrogens is 256 g/mol. The SMILES string of the molecule is CCCCNC(=O)Nc1ccc(N2CCOCC2)nc1. The van der Waals surface area contributed by atoms with E-state index in [1.165, 1.54) is 0 Å². The molecule has 110 valence electrons. The Hall–Kier alpha value is -1.82. The molecular formula is C14H22N4O2. The number of rotatable bonds is 5. The van der Waals surface area contributed by atoms with Crippen molar-refractivity contribution < 1.29 is 9.53 Å². The fourth-order valence-electron chi connectivity index (χ4n) is 1.99. The first kappa shape index (κ1) is 14.6. The molecule has 2 N–H and O–H groups in total. The molecule has 1 aromatic rings. The predicted molar refractivity (Wildman–Crippen MR) is 79.2 cm³/mol. The number of carbonyl (C=O) groups is 1. The van der Waals surface area contributed by atoms with Crippen molar-refractivity contribution >= 4 is 17.5 Å². The van der Waals surface area contributed by atoms with Gasteiger partial charge in [0.2, 0.25) is 0 Å². The number of carbonyl (C=O) groups excluding carboxylic acids is 1. The van der Waals surface area contributed by atoms with Crippen molar-refractivity contribution in [3.8, 4) is 0 Å². The first-order valence-corrected chi connectivity index (χ1v) is 7.13. The summed E-state index contributed by atoms with van der Waals surface area (Å²) in [7, 11) is 0. The molecule has 0 aromatic carbocycles. The van der Waals surface area contributed by atoms with Gasteiger partial charge in [-0.2, -0.15) is 0 Å². The number of morpholine rings is 1. The highest BCUT2D eigenvalue weighted by atomic mass is 16.5. The van der Waals surface area contributed by atoms with E-state index < -0.39 is 0 Å². The van der Waals surface area contributed by atoms with E-state index in [2.05, 4.69) is 27.4 Å². The third-order valence-corrected chi connectivity index (χ3v) is 3.16. The minimum absolute atomic E-state index is 0.181. The summed E-state index contributed by atoms with van der Waals surface area (Å²) in [5, 5.41) is 5.58. The summed E-state index contributed by atoms with van der Waals surface area (Å²) in [6.07, 6.45) is 3.74. The maximum atomic E-state index is 11.6. The first-order valence-electron chi connectivity index (χ1n) is 7.13. The fourth-order valence-corrected chi connectivity index (χ4v) is 1.99. The lowest BCUT2D eigenvalue weighted by Crippen LogP contribution is -2.36. The Kier molecular flexibility index (Phi) is 5.61. The van der Waals surface area contributed by atoms with E-state index in [9.17, 15) is 4.79 Å². The standard InChI is InChI=1S/C14H22N4O2/c1-2-3-6-15-14(19)17-12-4-5-13(16-11-12)18-7-9-20-10-8-18/h4-5,11H,2-3,6-10H2,1H3,(H2,15,17,19). The predicted octanol–water partition coefficient (Wildman–Crippen LogP) is 1.84. The van der Waals surface area contributed by atoms with Crippen molar-refractivity contribution in [2.45, 2.75) is 19.8 Å². The highest BCUT2D eigenvalue weighted by molar-refractivity contribution is 5.89. The van der Waals surface area contributed by atoms with Crippen LogP contribution in [0.2, 0.25) is 0 Å². The zero-order chi connectivity index (χ0) is 14.2. The molecule has 2 heterocycles. The molecule has 2 rings (SSSR count). The zero-order valence-corrected chi connectivity index (χ0v) is 11.9. The van der Waals surface area contributed by atoms with Crippen LogP contribution in [0.15, 0.2) is 18.3 Å². The van der Waals surface area contributed by atoms with Gasteiger partial charge in [-0.1, -0.05) is 13.3 Å². The lowest BCUT2D eigenvalue weighted by Gasteiger charge is -2.27. The molecule has 6 heteroatoms. The summed E-state index contributed by atoms with van der Waals surface area (Å²) in [5.74, 6) is 0.922.